The molecule has 2 aromatic heterocycles. The lowest BCUT2D eigenvalue weighted by molar-refractivity contribution is 0.590. The third-order valence-corrected chi connectivity index (χ3v) is 5.49. The molecule has 5 nitrogen and oxygen atoms in total. The van der Waals surface area contributed by atoms with Crippen LogP contribution in [0, 0.1) is 5.82 Å². The number of rotatable bonds is 7. The molecule has 0 bridgehead atoms. The van der Waals surface area contributed by atoms with Gasteiger partial charge in [-0.1, -0.05) is 30.4 Å². The highest BCUT2D eigenvalue weighted by atomic mass is 32.2. The van der Waals surface area contributed by atoms with Crippen molar-refractivity contribution in [2.45, 2.75) is 6.54 Å². The van der Waals surface area contributed by atoms with E-state index in [2.05, 4.69) is 10.3 Å². The highest BCUT2D eigenvalue weighted by molar-refractivity contribution is 7.90. The molecule has 0 aliphatic rings. The third-order valence-electron chi connectivity index (χ3n) is 3.97. The van der Waals surface area contributed by atoms with Crippen molar-refractivity contribution >= 4 is 16.1 Å². The number of nitrogens with zero attached hydrogens (tertiary/aromatic N) is 2. The quantitative estimate of drug-likeness (QED) is 0.678. The molecule has 0 unspecified atom stereocenters. The van der Waals surface area contributed by atoms with Gasteiger partial charge in [0.2, 0.25) is 10.0 Å². The Balaban J connectivity index is 1.96. The second-order valence-corrected chi connectivity index (χ2v) is 7.90. The first-order chi connectivity index (χ1) is 13.0. The fourth-order valence-corrected chi connectivity index (χ4v) is 4.00. The van der Waals surface area contributed by atoms with Gasteiger partial charge < -0.3 is 5.32 Å². The van der Waals surface area contributed by atoms with Gasteiger partial charge in [-0.15, -0.1) is 0 Å². The minimum atomic E-state index is -3.71. The predicted octanol–water partition coefficient (Wildman–Crippen LogP) is 3.30. The van der Waals surface area contributed by atoms with Gasteiger partial charge in [0.05, 0.1) is 11.4 Å². The van der Waals surface area contributed by atoms with Gasteiger partial charge in [-0.3, -0.25) is 4.98 Å². The van der Waals surface area contributed by atoms with Crippen LogP contribution in [0.15, 0.2) is 67.1 Å². The molecule has 27 heavy (non-hydrogen) atoms. The molecule has 0 amide bonds. The molecule has 3 aromatic rings. The second kappa shape index (κ2) is 8.28. The van der Waals surface area contributed by atoms with Gasteiger partial charge in [0.25, 0.3) is 0 Å². The van der Waals surface area contributed by atoms with Crippen LogP contribution in [0.4, 0.5) is 4.39 Å². The molecule has 0 saturated carbocycles. The van der Waals surface area contributed by atoms with E-state index in [1.54, 1.807) is 61.9 Å². The van der Waals surface area contributed by atoms with Crippen LogP contribution in [0.2, 0.25) is 0 Å². The lowest BCUT2D eigenvalue weighted by Gasteiger charge is -2.09. The van der Waals surface area contributed by atoms with Gasteiger partial charge in [-0.2, -0.15) is 0 Å². The van der Waals surface area contributed by atoms with E-state index in [0.717, 1.165) is 15.1 Å². The van der Waals surface area contributed by atoms with Gasteiger partial charge >= 0.3 is 0 Å². The topological polar surface area (TPSA) is 64.0 Å². The van der Waals surface area contributed by atoms with Crippen LogP contribution in [0.5, 0.6) is 0 Å². The van der Waals surface area contributed by atoms with E-state index in [1.165, 1.54) is 12.3 Å². The Morgan fingerprint density at radius 2 is 2.04 bits per heavy atom. The highest BCUT2D eigenvalue weighted by Gasteiger charge is 2.20. The molecule has 0 atom stereocenters. The molecular weight excluding hydrogens is 365 g/mol. The zero-order chi connectivity index (χ0) is 19.3. The maximum absolute atomic E-state index is 14.3. The van der Waals surface area contributed by atoms with Crippen LogP contribution < -0.4 is 5.32 Å². The first-order valence-electron chi connectivity index (χ1n) is 8.42. The summed E-state index contributed by atoms with van der Waals surface area (Å²) in [5.41, 5.74) is 2.13. The number of halogens is 1. The summed E-state index contributed by atoms with van der Waals surface area (Å²) in [4.78, 5) is 3.99. The predicted molar refractivity (Wildman–Crippen MR) is 105 cm³/mol. The minimum Gasteiger partial charge on any atom is -0.316 e. The van der Waals surface area contributed by atoms with E-state index in [-0.39, 0.29) is 11.3 Å². The molecule has 0 radical (unpaired) electrons. The molecule has 1 N–H and O–H groups in total. The first kappa shape index (κ1) is 19.0. The number of pyridine rings is 1. The van der Waals surface area contributed by atoms with Gasteiger partial charge in [0.15, 0.2) is 0 Å². The molecule has 2 heterocycles. The van der Waals surface area contributed by atoms with Crippen molar-refractivity contribution in [1.29, 1.82) is 0 Å². The van der Waals surface area contributed by atoms with E-state index >= 15 is 0 Å². The molecule has 7 heteroatoms. The van der Waals surface area contributed by atoms with Crippen LogP contribution in [0.25, 0.3) is 17.3 Å². The average Bonchev–Trinajstić information content (AvgIpc) is 3.08. The van der Waals surface area contributed by atoms with Crippen LogP contribution in [0.3, 0.4) is 0 Å². The van der Waals surface area contributed by atoms with Crippen molar-refractivity contribution in [2.24, 2.45) is 0 Å². The monoisotopic (exact) mass is 385 g/mol. The molecule has 0 spiro atoms. The van der Waals surface area contributed by atoms with Crippen LogP contribution in [-0.2, 0) is 16.6 Å². The molecule has 0 saturated heterocycles. The number of hydrogen-bond donors (Lipinski definition) is 1. The summed E-state index contributed by atoms with van der Waals surface area (Å²) in [6.45, 7) is 0.482. The number of aromatic nitrogens is 2. The Bertz CT molecular complexity index is 1040. The molecule has 140 valence electrons. The molecule has 1 aromatic carbocycles. The molecule has 0 aliphatic carbocycles. The Morgan fingerprint density at radius 1 is 1.22 bits per heavy atom. The van der Waals surface area contributed by atoms with E-state index in [4.69, 9.17) is 0 Å². The average molecular weight is 385 g/mol. The van der Waals surface area contributed by atoms with E-state index < -0.39 is 15.8 Å². The molecular formula is C20H20FN3O2S. The fourth-order valence-electron chi connectivity index (χ4n) is 2.75. The number of hydrogen-bond acceptors (Lipinski definition) is 4. The number of benzene rings is 1. The summed E-state index contributed by atoms with van der Waals surface area (Å²) in [6.07, 6.45) is 8.10. The van der Waals surface area contributed by atoms with Crippen LogP contribution in [0.1, 0.15) is 11.1 Å². The minimum absolute atomic E-state index is 0.211. The third kappa shape index (κ3) is 4.50. The Morgan fingerprint density at radius 3 is 2.74 bits per heavy atom. The van der Waals surface area contributed by atoms with Gasteiger partial charge in [0.1, 0.15) is 5.82 Å². The Labute approximate surface area is 158 Å². The maximum atomic E-state index is 14.3. The fraction of sp³-hybridized carbons (Fsp3) is 0.150. The first-order valence-corrected chi connectivity index (χ1v) is 10.0. The van der Waals surface area contributed by atoms with Crippen molar-refractivity contribution in [3.63, 3.8) is 0 Å². The van der Waals surface area contributed by atoms with Crippen molar-refractivity contribution < 1.29 is 12.8 Å². The zero-order valence-electron chi connectivity index (χ0n) is 14.8. The molecule has 0 fully saturated rings. The summed E-state index contributed by atoms with van der Waals surface area (Å²) in [7, 11) is -1.94. The number of nitrogens with one attached hydrogen (secondary N) is 1. The normalized spacial score (nSPS) is 11.9. The summed E-state index contributed by atoms with van der Waals surface area (Å²) >= 11 is 0. The van der Waals surface area contributed by atoms with Gasteiger partial charge in [-0.25, -0.2) is 16.8 Å². The summed E-state index contributed by atoms with van der Waals surface area (Å²) in [6, 6.07) is 11.5. The lowest BCUT2D eigenvalue weighted by Crippen LogP contribution is -2.16. The maximum Gasteiger partial charge on any atom is 0.242 e. The van der Waals surface area contributed by atoms with Crippen LogP contribution in [-0.4, -0.2) is 30.2 Å². The summed E-state index contributed by atoms with van der Waals surface area (Å²) in [5.74, 6) is -0.675. The summed E-state index contributed by atoms with van der Waals surface area (Å²) < 4.78 is 41.2. The Kier molecular flexibility index (Phi) is 5.83. The lowest BCUT2D eigenvalue weighted by atomic mass is 10.1. The van der Waals surface area contributed by atoms with Crippen molar-refractivity contribution in [1.82, 2.24) is 14.3 Å². The standard InChI is InChI=1S/C20H20FN3O2S/c1-22-13-17-12-20(18-8-2-3-9-19(18)21)24(15-17)27(25,26)11-5-7-16-6-4-10-23-14-16/h2-10,12,14-15,22H,11,13H2,1H3. The van der Waals surface area contributed by atoms with Gasteiger partial charge in [-0.05, 0) is 42.4 Å². The SMILES string of the molecule is CNCc1cc(-c2ccccc2F)n(S(=O)(=O)CC=Cc2cccnc2)c1. The van der Waals surface area contributed by atoms with Crippen LogP contribution >= 0.6 is 0 Å². The van der Waals surface area contributed by atoms with Crippen molar-refractivity contribution in [2.75, 3.05) is 12.8 Å². The van der Waals surface area contributed by atoms with Crippen molar-refractivity contribution in [3.8, 4) is 11.3 Å². The molecule has 0 aliphatic heterocycles. The summed E-state index contributed by atoms with van der Waals surface area (Å²) in [5, 5.41) is 2.98. The largest absolute Gasteiger partial charge is 0.316 e. The molecule has 3 rings (SSSR count). The van der Waals surface area contributed by atoms with Crippen molar-refractivity contribution in [3.05, 3.63) is 84.1 Å². The second-order valence-electron chi connectivity index (χ2n) is 6.01. The van der Waals surface area contributed by atoms with E-state index in [1.807, 2.05) is 6.07 Å². The van der Waals surface area contributed by atoms with Gasteiger partial charge in [0, 0.05) is 30.7 Å². The highest BCUT2D eigenvalue weighted by Crippen LogP contribution is 2.27. The van der Waals surface area contributed by atoms with E-state index in [9.17, 15) is 12.8 Å². The van der Waals surface area contributed by atoms with E-state index in [0.29, 0.717) is 12.2 Å². The smallest absolute Gasteiger partial charge is 0.242 e. The zero-order valence-corrected chi connectivity index (χ0v) is 15.7. The Hall–Kier alpha value is -2.77.